The van der Waals surface area contributed by atoms with Gasteiger partial charge in [-0.05, 0) is 17.7 Å². The summed E-state index contributed by atoms with van der Waals surface area (Å²) in [6, 6.07) is 3.38. The first-order valence-corrected chi connectivity index (χ1v) is 3.69. The van der Waals surface area contributed by atoms with E-state index in [9.17, 15) is 8.78 Å². The van der Waals surface area contributed by atoms with Gasteiger partial charge in [-0.1, -0.05) is 6.58 Å². The Kier molecular flexibility index (Phi) is 2.54. The fraction of sp³-hybridized carbons (Fsp3) is 0. The number of thiophene rings is 1. The molecule has 3 heteroatoms. The molecule has 1 aromatic heterocycles. The minimum Gasteiger partial charge on any atom is -0.173 e. The smallest absolute Gasteiger partial charge is 0.173 e. The second kappa shape index (κ2) is 3.44. The molecule has 1 rings (SSSR count). The fourth-order valence-electron chi connectivity index (χ4n) is 0.617. The lowest BCUT2D eigenvalue weighted by molar-refractivity contribution is 0.422. The molecule has 0 nitrogen and oxygen atoms in total. The first kappa shape index (κ1) is 8.14. The zero-order valence-electron chi connectivity index (χ0n) is 5.60. The van der Waals surface area contributed by atoms with Crippen LogP contribution in [0.15, 0.2) is 30.9 Å². The molecule has 0 bridgehead atoms. The van der Waals surface area contributed by atoms with E-state index in [0.29, 0.717) is 5.57 Å². The molecule has 0 aliphatic heterocycles. The first-order chi connectivity index (χ1) is 5.20. The highest BCUT2D eigenvalue weighted by Crippen LogP contribution is 2.20. The second-order valence-electron chi connectivity index (χ2n) is 1.88. The lowest BCUT2D eigenvalue weighted by Crippen LogP contribution is -1.69. The maximum atomic E-state index is 11.7. The van der Waals surface area contributed by atoms with Crippen LogP contribution < -0.4 is 0 Å². The SMILES string of the molecule is C=C(C=C(F)F)c1cc[c]s1. The summed E-state index contributed by atoms with van der Waals surface area (Å²) >= 11 is 1.27. The monoisotopic (exact) mass is 171 g/mol. The lowest BCUT2D eigenvalue weighted by atomic mass is 10.2. The fourth-order valence-corrected chi connectivity index (χ4v) is 1.21. The Morgan fingerprint density at radius 1 is 1.64 bits per heavy atom. The summed E-state index contributed by atoms with van der Waals surface area (Å²) in [5, 5.41) is 2.79. The topological polar surface area (TPSA) is 0 Å². The van der Waals surface area contributed by atoms with Gasteiger partial charge in [-0.2, -0.15) is 8.78 Å². The molecule has 57 valence electrons. The molecule has 0 N–H and O–H groups in total. The van der Waals surface area contributed by atoms with E-state index >= 15 is 0 Å². The van der Waals surface area contributed by atoms with E-state index in [1.165, 1.54) is 11.3 Å². The molecule has 0 amide bonds. The number of hydrogen-bond acceptors (Lipinski definition) is 1. The van der Waals surface area contributed by atoms with E-state index in [0.717, 1.165) is 11.0 Å². The van der Waals surface area contributed by atoms with Gasteiger partial charge in [-0.3, -0.25) is 0 Å². The van der Waals surface area contributed by atoms with Gasteiger partial charge in [0.1, 0.15) is 0 Å². The molecule has 1 aromatic rings. The summed E-state index contributed by atoms with van der Waals surface area (Å²) in [7, 11) is 0. The molecule has 1 heterocycles. The van der Waals surface area contributed by atoms with Crippen LogP contribution in [0.5, 0.6) is 0 Å². The summed E-state index contributed by atoms with van der Waals surface area (Å²) in [4.78, 5) is 0.720. The van der Waals surface area contributed by atoms with Crippen molar-refractivity contribution in [3.05, 3.63) is 41.1 Å². The number of halogens is 2. The predicted molar refractivity (Wildman–Crippen MR) is 42.5 cm³/mol. The molecule has 11 heavy (non-hydrogen) atoms. The summed E-state index contributed by atoms with van der Waals surface area (Å²) < 4.78 is 23.3. The van der Waals surface area contributed by atoms with Crippen molar-refractivity contribution in [2.24, 2.45) is 0 Å². The standard InChI is InChI=1S/C8H5F2S/c1-6(5-8(9)10)7-3-2-4-11-7/h2-3,5H,1H2. The summed E-state index contributed by atoms with van der Waals surface area (Å²) in [6.45, 7) is 3.47. The highest BCUT2D eigenvalue weighted by molar-refractivity contribution is 7.10. The Bertz CT molecular complexity index is 268. The van der Waals surface area contributed by atoms with Crippen molar-refractivity contribution in [1.29, 1.82) is 0 Å². The normalized spacial score (nSPS) is 9.27. The van der Waals surface area contributed by atoms with Crippen molar-refractivity contribution in [3.63, 3.8) is 0 Å². The van der Waals surface area contributed by atoms with Gasteiger partial charge < -0.3 is 0 Å². The van der Waals surface area contributed by atoms with Crippen molar-refractivity contribution >= 4 is 16.9 Å². The van der Waals surface area contributed by atoms with Crippen molar-refractivity contribution < 1.29 is 8.78 Å². The minimum absolute atomic E-state index is 0.330. The third-order valence-electron chi connectivity index (χ3n) is 1.07. The second-order valence-corrected chi connectivity index (χ2v) is 2.76. The highest BCUT2D eigenvalue weighted by Gasteiger charge is 1.98. The average molecular weight is 171 g/mol. The summed E-state index contributed by atoms with van der Waals surface area (Å²) in [5.74, 6) is 0. The van der Waals surface area contributed by atoms with E-state index in [1.54, 1.807) is 12.1 Å². The quantitative estimate of drug-likeness (QED) is 0.598. The van der Waals surface area contributed by atoms with Crippen LogP contribution in [0.2, 0.25) is 0 Å². The molecule has 0 atom stereocenters. The minimum atomic E-state index is -1.72. The van der Waals surface area contributed by atoms with Gasteiger partial charge in [0.2, 0.25) is 0 Å². The largest absolute Gasteiger partial charge is 0.270 e. The van der Waals surface area contributed by atoms with E-state index in [2.05, 4.69) is 12.0 Å². The molecule has 0 unspecified atom stereocenters. The number of rotatable bonds is 2. The predicted octanol–water partition coefficient (Wildman–Crippen LogP) is 3.34. The van der Waals surface area contributed by atoms with Crippen LogP contribution >= 0.6 is 11.3 Å². The molecule has 0 aliphatic rings. The van der Waals surface area contributed by atoms with E-state index < -0.39 is 6.08 Å². The zero-order chi connectivity index (χ0) is 8.27. The van der Waals surface area contributed by atoms with Crippen molar-refractivity contribution in [2.45, 2.75) is 0 Å². The van der Waals surface area contributed by atoms with Crippen LogP contribution in [0.3, 0.4) is 0 Å². The van der Waals surface area contributed by atoms with Crippen molar-refractivity contribution in [1.82, 2.24) is 0 Å². The maximum Gasteiger partial charge on any atom is 0.270 e. The molecule has 1 radical (unpaired) electrons. The third-order valence-corrected chi connectivity index (χ3v) is 1.94. The van der Waals surface area contributed by atoms with Gasteiger partial charge >= 0.3 is 0 Å². The van der Waals surface area contributed by atoms with Gasteiger partial charge in [0, 0.05) is 16.3 Å². The molecule has 0 aromatic carbocycles. The van der Waals surface area contributed by atoms with Crippen LogP contribution in [0.4, 0.5) is 8.78 Å². The van der Waals surface area contributed by atoms with Gasteiger partial charge in [0.05, 0.1) is 0 Å². The van der Waals surface area contributed by atoms with Gasteiger partial charge in [0.15, 0.2) is 0 Å². The average Bonchev–Trinajstić information content (AvgIpc) is 2.35. The Hall–Kier alpha value is -0.960. The van der Waals surface area contributed by atoms with Crippen LogP contribution in [0.1, 0.15) is 4.88 Å². The Labute approximate surface area is 67.5 Å². The van der Waals surface area contributed by atoms with E-state index in [1.807, 2.05) is 0 Å². The lowest BCUT2D eigenvalue weighted by Gasteiger charge is -1.90. The summed E-state index contributed by atoms with van der Waals surface area (Å²) in [6.07, 6.45) is -0.969. The van der Waals surface area contributed by atoms with Crippen LogP contribution in [-0.4, -0.2) is 0 Å². The van der Waals surface area contributed by atoms with Crippen molar-refractivity contribution in [2.75, 3.05) is 0 Å². The molecule has 0 saturated carbocycles. The Balaban J connectivity index is 2.80. The Morgan fingerprint density at radius 3 is 2.82 bits per heavy atom. The Morgan fingerprint density at radius 2 is 2.36 bits per heavy atom. The van der Waals surface area contributed by atoms with Gasteiger partial charge in [0.25, 0.3) is 6.08 Å². The zero-order valence-corrected chi connectivity index (χ0v) is 6.42. The van der Waals surface area contributed by atoms with Crippen molar-refractivity contribution in [3.8, 4) is 0 Å². The molecule has 0 aliphatic carbocycles. The van der Waals surface area contributed by atoms with Crippen LogP contribution in [0.25, 0.3) is 5.57 Å². The van der Waals surface area contributed by atoms with E-state index in [-0.39, 0.29) is 0 Å². The maximum absolute atomic E-state index is 11.7. The molecule has 0 fully saturated rings. The van der Waals surface area contributed by atoms with E-state index in [4.69, 9.17) is 0 Å². The molecular formula is C8H5F2S. The number of allylic oxidation sites excluding steroid dienone is 2. The number of hydrogen-bond donors (Lipinski definition) is 0. The highest BCUT2D eigenvalue weighted by atomic mass is 32.1. The summed E-state index contributed by atoms with van der Waals surface area (Å²) in [5.41, 5.74) is 0.330. The van der Waals surface area contributed by atoms with Crippen LogP contribution in [-0.2, 0) is 0 Å². The van der Waals surface area contributed by atoms with Gasteiger partial charge in [-0.15, -0.1) is 11.3 Å². The third kappa shape index (κ3) is 2.27. The molecule has 0 spiro atoms. The first-order valence-electron chi connectivity index (χ1n) is 2.88. The van der Waals surface area contributed by atoms with Gasteiger partial charge in [-0.25, -0.2) is 0 Å². The van der Waals surface area contributed by atoms with Crippen LogP contribution in [0, 0.1) is 5.38 Å². The molecular weight excluding hydrogens is 166 g/mol. The molecule has 0 saturated heterocycles.